The number of carbonyl (C=O) groups is 1. The summed E-state index contributed by atoms with van der Waals surface area (Å²) in [5, 5.41) is 0. The number of likely N-dealkylation sites (N-methyl/N-ethyl adjacent to an activating group) is 1. The van der Waals surface area contributed by atoms with Crippen molar-refractivity contribution >= 4 is 5.91 Å². The number of methoxy groups -OCH3 is 2. The SMILES string of the molecule is CCN(C(=O)Cc1ccc(OC)cc1)C(C)c1cccc(OC)c1. The minimum absolute atomic E-state index is 0.00384. The van der Waals surface area contributed by atoms with Gasteiger partial charge in [-0.15, -0.1) is 0 Å². The van der Waals surface area contributed by atoms with Gasteiger partial charge in [-0.1, -0.05) is 24.3 Å². The van der Waals surface area contributed by atoms with Gasteiger partial charge in [0.05, 0.1) is 26.7 Å². The first-order chi connectivity index (χ1) is 11.6. The number of hydrogen-bond donors (Lipinski definition) is 0. The minimum Gasteiger partial charge on any atom is -0.497 e. The summed E-state index contributed by atoms with van der Waals surface area (Å²) < 4.78 is 10.4. The molecule has 0 aliphatic heterocycles. The number of benzene rings is 2. The molecule has 0 aliphatic rings. The Balaban J connectivity index is 2.11. The molecule has 2 rings (SSSR count). The summed E-state index contributed by atoms with van der Waals surface area (Å²) in [6.45, 7) is 4.71. The van der Waals surface area contributed by atoms with Crippen LogP contribution in [0.3, 0.4) is 0 Å². The van der Waals surface area contributed by atoms with E-state index in [9.17, 15) is 4.79 Å². The fourth-order valence-electron chi connectivity index (χ4n) is 2.77. The van der Waals surface area contributed by atoms with Crippen molar-refractivity contribution < 1.29 is 14.3 Å². The van der Waals surface area contributed by atoms with Crippen LogP contribution in [0, 0.1) is 0 Å². The first kappa shape index (κ1) is 17.9. The molecule has 128 valence electrons. The summed E-state index contributed by atoms with van der Waals surface area (Å²) in [6, 6.07) is 15.5. The Morgan fingerprint density at radius 1 is 1.04 bits per heavy atom. The van der Waals surface area contributed by atoms with E-state index in [1.54, 1.807) is 14.2 Å². The summed E-state index contributed by atoms with van der Waals surface area (Å²) in [7, 11) is 3.28. The summed E-state index contributed by atoms with van der Waals surface area (Å²) in [6.07, 6.45) is 0.381. The summed E-state index contributed by atoms with van der Waals surface area (Å²) >= 11 is 0. The highest BCUT2D eigenvalue weighted by molar-refractivity contribution is 5.79. The second kappa shape index (κ2) is 8.39. The molecular weight excluding hydrogens is 302 g/mol. The zero-order chi connectivity index (χ0) is 17.5. The fourth-order valence-corrected chi connectivity index (χ4v) is 2.77. The Hall–Kier alpha value is -2.49. The van der Waals surface area contributed by atoms with E-state index in [1.807, 2.05) is 67.3 Å². The average Bonchev–Trinajstić information content (AvgIpc) is 2.63. The third kappa shape index (κ3) is 4.28. The van der Waals surface area contributed by atoms with E-state index in [1.165, 1.54) is 0 Å². The molecule has 2 aromatic carbocycles. The van der Waals surface area contributed by atoms with Crippen LogP contribution in [0.4, 0.5) is 0 Å². The lowest BCUT2D eigenvalue weighted by Crippen LogP contribution is -2.34. The van der Waals surface area contributed by atoms with Crippen LogP contribution in [0.25, 0.3) is 0 Å². The average molecular weight is 327 g/mol. The number of amides is 1. The van der Waals surface area contributed by atoms with Crippen molar-refractivity contribution in [2.45, 2.75) is 26.3 Å². The zero-order valence-electron chi connectivity index (χ0n) is 14.8. The van der Waals surface area contributed by atoms with E-state index < -0.39 is 0 Å². The number of hydrogen-bond acceptors (Lipinski definition) is 3. The van der Waals surface area contributed by atoms with Crippen LogP contribution in [-0.4, -0.2) is 31.6 Å². The van der Waals surface area contributed by atoms with Gasteiger partial charge < -0.3 is 14.4 Å². The van der Waals surface area contributed by atoms with E-state index in [4.69, 9.17) is 9.47 Å². The van der Waals surface area contributed by atoms with Crippen LogP contribution in [-0.2, 0) is 11.2 Å². The van der Waals surface area contributed by atoms with E-state index in [0.717, 1.165) is 22.6 Å². The monoisotopic (exact) mass is 327 g/mol. The molecule has 1 unspecified atom stereocenters. The molecule has 0 radical (unpaired) electrons. The largest absolute Gasteiger partial charge is 0.497 e. The predicted molar refractivity (Wildman–Crippen MR) is 95.5 cm³/mol. The van der Waals surface area contributed by atoms with Crippen molar-refractivity contribution in [2.75, 3.05) is 20.8 Å². The molecule has 0 N–H and O–H groups in total. The van der Waals surface area contributed by atoms with Gasteiger partial charge in [0.2, 0.25) is 5.91 Å². The van der Waals surface area contributed by atoms with Crippen molar-refractivity contribution in [1.29, 1.82) is 0 Å². The number of ether oxygens (including phenoxy) is 2. The molecule has 0 heterocycles. The first-order valence-corrected chi connectivity index (χ1v) is 8.15. The number of rotatable bonds is 7. The summed E-state index contributed by atoms with van der Waals surface area (Å²) in [5.41, 5.74) is 2.05. The maximum absolute atomic E-state index is 12.7. The van der Waals surface area contributed by atoms with E-state index >= 15 is 0 Å². The second-order valence-corrected chi connectivity index (χ2v) is 5.66. The molecular formula is C20H25NO3. The highest BCUT2D eigenvalue weighted by atomic mass is 16.5. The highest BCUT2D eigenvalue weighted by Gasteiger charge is 2.20. The second-order valence-electron chi connectivity index (χ2n) is 5.66. The third-order valence-electron chi connectivity index (χ3n) is 4.22. The lowest BCUT2D eigenvalue weighted by atomic mass is 10.0. The molecule has 0 spiro atoms. The Morgan fingerprint density at radius 3 is 2.29 bits per heavy atom. The van der Waals surface area contributed by atoms with Gasteiger partial charge in [0, 0.05) is 6.54 Å². The molecule has 0 saturated heterocycles. The molecule has 4 heteroatoms. The van der Waals surface area contributed by atoms with Gasteiger partial charge in [0.15, 0.2) is 0 Å². The topological polar surface area (TPSA) is 38.8 Å². The summed E-state index contributed by atoms with van der Waals surface area (Å²) in [5.74, 6) is 1.71. The number of carbonyl (C=O) groups excluding carboxylic acids is 1. The molecule has 1 amide bonds. The maximum Gasteiger partial charge on any atom is 0.227 e. The molecule has 0 bridgehead atoms. The quantitative estimate of drug-likeness (QED) is 0.775. The predicted octanol–water partition coefficient (Wildman–Crippen LogP) is 3.86. The molecule has 0 aromatic heterocycles. The van der Waals surface area contributed by atoms with E-state index in [2.05, 4.69) is 0 Å². The Morgan fingerprint density at radius 2 is 1.71 bits per heavy atom. The van der Waals surface area contributed by atoms with Gasteiger partial charge in [-0.05, 0) is 49.2 Å². The Labute approximate surface area is 144 Å². The lowest BCUT2D eigenvalue weighted by Gasteiger charge is -2.29. The van der Waals surface area contributed by atoms with Gasteiger partial charge in [0.25, 0.3) is 0 Å². The van der Waals surface area contributed by atoms with E-state index in [0.29, 0.717) is 13.0 Å². The summed E-state index contributed by atoms with van der Waals surface area (Å²) in [4.78, 5) is 14.6. The van der Waals surface area contributed by atoms with Crippen LogP contribution < -0.4 is 9.47 Å². The van der Waals surface area contributed by atoms with Crippen molar-refractivity contribution in [3.63, 3.8) is 0 Å². The minimum atomic E-state index is -0.00384. The van der Waals surface area contributed by atoms with Crippen LogP contribution in [0.5, 0.6) is 11.5 Å². The molecule has 0 fully saturated rings. The Kier molecular flexibility index (Phi) is 6.24. The number of nitrogens with zero attached hydrogens (tertiary/aromatic N) is 1. The van der Waals surface area contributed by atoms with Crippen molar-refractivity contribution in [3.05, 3.63) is 59.7 Å². The highest BCUT2D eigenvalue weighted by Crippen LogP contribution is 2.24. The standard InChI is InChI=1S/C20H25NO3/c1-5-21(15(2)17-7-6-8-19(14-17)24-4)20(22)13-16-9-11-18(23-3)12-10-16/h6-12,14-15H,5,13H2,1-4H3. The molecule has 0 saturated carbocycles. The van der Waals surface area contributed by atoms with Crippen molar-refractivity contribution in [3.8, 4) is 11.5 Å². The third-order valence-corrected chi connectivity index (χ3v) is 4.22. The van der Waals surface area contributed by atoms with Crippen LogP contribution in [0.2, 0.25) is 0 Å². The van der Waals surface area contributed by atoms with Gasteiger partial charge in [0.1, 0.15) is 11.5 Å². The maximum atomic E-state index is 12.7. The Bertz CT molecular complexity index is 667. The molecule has 24 heavy (non-hydrogen) atoms. The lowest BCUT2D eigenvalue weighted by molar-refractivity contribution is -0.132. The zero-order valence-corrected chi connectivity index (χ0v) is 14.8. The van der Waals surface area contributed by atoms with Crippen LogP contribution in [0.15, 0.2) is 48.5 Å². The molecule has 0 aliphatic carbocycles. The van der Waals surface area contributed by atoms with E-state index in [-0.39, 0.29) is 11.9 Å². The molecule has 1 atom stereocenters. The first-order valence-electron chi connectivity index (χ1n) is 8.15. The van der Waals surface area contributed by atoms with Crippen molar-refractivity contribution in [1.82, 2.24) is 4.90 Å². The van der Waals surface area contributed by atoms with Gasteiger partial charge in [-0.25, -0.2) is 0 Å². The van der Waals surface area contributed by atoms with Gasteiger partial charge in [-0.3, -0.25) is 4.79 Å². The molecule has 4 nitrogen and oxygen atoms in total. The van der Waals surface area contributed by atoms with Gasteiger partial charge >= 0.3 is 0 Å². The molecule has 2 aromatic rings. The smallest absolute Gasteiger partial charge is 0.227 e. The normalized spacial score (nSPS) is 11.7. The van der Waals surface area contributed by atoms with Crippen LogP contribution >= 0.6 is 0 Å². The van der Waals surface area contributed by atoms with Gasteiger partial charge in [-0.2, -0.15) is 0 Å². The fraction of sp³-hybridized carbons (Fsp3) is 0.350. The van der Waals surface area contributed by atoms with Crippen molar-refractivity contribution in [2.24, 2.45) is 0 Å². The van der Waals surface area contributed by atoms with Crippen LogP contribution in [0.1, 0.15) is 31.0 Å².